The zero-order valence-corrected chi connectivity index (χ0v) is 9.38. The number of rotatable bonds is 2. The van der Waals surface area contributed by atoms with Crippen molar-refractivity contribution >= 4 is 22.9 Å². The van der Waals surface area contributed by atoms with Gasteiger partial charge in [-0.3, -0.25) is 0 Å². The Bertz CT molecular complexity index is 448. The average molecular weight is 207 g/mol. The molecule has 0 bridgehead atoms. The third-order valence-corrected chi connectivity index (χ3v) is 2.97. The van der Waals surface area contributed by atoms with Crippen LogP contribution in [-0.2, 0) is 0 Å². The summed E-state index contributed by atoms with van der Waals surface area (Å²) in [6.45, 7) is 4.27. The zero-order chi connectivity index (χ0) is 10.1. The Kier molecular flexibility index (Phi) is 2.46. The Balaban J connectivity index is 2.69. The number of thioether (sulfide) groups is 1. The number of imidazole rings is 1. The fourth-order valence-corrected chi connectivity index (χ4v) is 1.99. The molecule has 0 amide bonds. The summed E-state index contributed by atoms with van der Waals surface area (Å²) < 4.78 is 2.09. The summed E-state index contributed by atoms with van der Waals surface area (Å²) in [6, 6.07) is 2.41. The van der Waals surface area contributed by atoms with Gasteiger partial charge in [-0.15, -0.1) is 11.8 Å². The van der Waals surface area contributed by atoms with Gasteiger partial charge in [-0.25, -0.2) is 9.97 Å². The first-order chi connectivity index (χ1) is 6.74. The first-order valence-electron chi connectivity index (χ1n) is 4.59. The van der Waals surface area contributed by atoms with Crippen LogP contribution in [0.2, 0.25) is 0 Å². The molecule has 0 atom stereocenters. The second kappa shape index (κ2) is 3.61. The van der Waals surface area contributed by atoms with Crippen LogP contribution in [0.5, 0.6) is 0 Å². The molecule has 2 rings (SSSR count). The van der Waals surface area contributed by atoms with E-state index in [1.165, 1.54) is 4.90 Å². The predicted octanol–water partition coefficient (Wildman–Crippen LogP) is 2.73. The fraction of sp³-hybridized carbons (Fsp3) is 0.400. The Labute approximate surface area is 87.6 Å². The number of nitrogens with zero attached hydrogens (tertiary/aromatic N) is 3. The maximum absolute atomic E-state index is 4.39. The summed E-state index contributed by atoms with van der Waals surface area (Å²) >= 11 is 1.71. The zero-order valence-electron chi connectivity index (χ0n) is 8.56. The van der Waals surface area contributed by atoms with Gasteiger partial charge in [0, 0.05) is 17.1 Å². The number of aromatic nitrogens is 3. The van der Waals surface area contributed by atoms with Gasteiger partial charge < -0.3 is 4.57 Å². The molecular weight excluding hydrogens is 194 g/mol. The van der Waals surface area contributed by atoms with Gasteiger partial charge in [0.2, 0.25) is 0 Å². The van der Waals surface area contributed by atoms with Crippen molar-refractivity contribution in [3.05, 3.63) is 18.6 Å². The quantitative estimate of drug-likeness (QED) is 0.709. The van der Waals surface area contributed by atoms with Gasteiger partial charge in [0.05, 0.1) is 6.33 Å². The van der Waals surface area contributed by atoms with Crippen molar-refractivity contribution in [1.29, 1.82) is 0 Å². The second-order valence-electron chi connectivity index (χ2n) is 3.43. The summed E-state index contributed by atoms with van der Waals surface area (Å²) in [5.41, 5.74) is 1.99. The third-order valence-electron chi connectivity index (χ3n) is 2.20. The van der Waals surface area contributed by atoms with E-state index in [-0.39, 0.29) is 0 Å². The highest BCUT2D eigenvalue weighted by molar-refractivity contribution is 7.98. The predicted molar refractivity (Wildman–Crippen MR) is 59.7 cm³/mol. The van der Waals surface area contributed by atoms with E-state index in [0.29, 0.717) is 6.04 Å². The van der Waals surface area contributed by atoms with Crippen LogP contribution in [0.1, 0.15) is 19.9 Å². The molecular formula is C10H13N3S. The molecule has 0 aromatic carbocycles. The maximum atomic E-state index is 4.39. The highest BCUT2D eigenvalue weighted by Gasteiger charge is 2.09. The molecule has 14 heavy (non-hydrogen) atoms. The van der Waals surface area contributed by atoms with Crippen molar-refractivity contribution in [2.45, 2.75) is 24.8 Å². The van der Waals surface area contributed by atoms with E-state index in [1.807, 2.05) is 18.6 Å². The van der Waals surface area contributed by atoms with Crippen LogP contribution < -0.4 is 0 Å². The van der Waals surface area contributed by atoms with Crippen LogP contribution >= 0.6 is 11.8 Å². The molecule has 3 nitrogen and oxygen atoms in total. The monoisotopic (exact) mass is 207 g/mol. The van der Waals surface area contributed by atoms with Crippen LogP contribution in [0.25, 0.3) is 11.2 Å². The third kappa shape index (κ3) is 1.39. The number of fused-ring (bicyclic) bond motifs is 1. The molecule has 0 saturated heterocycles. The lowest BCUT2D eigenvalue weighted by molar-refractivity contribution is 0.613. The maximum Gasteiger partial charge on any atom is 0.161 e. The molecule has 0 aliphatic heterocycles. The van der Waals surface area contributed by atoms with Crippen LogP contribution in [0, 0.1) is 0 Å². The average Bonchev–Trinajstić information content (AvgIpc) is 2.60. The molecule has 0 saturated carbocycles. The molecule has 2 aromatic heterocycles. The van der Waals surface area contributed by atoms with Crippen LogP contribution in [0.4, 0.5) is 0 Å². The lowest BCUT2D eigenvalue weighted by atomic mass is 10.4. The highest BCUT2D eigenvalue weighted by Crippen LogP contribution is 2.24. The minimum Gasteiger partial charge on any atom is -0.313 e. The smallest absolute Gasteiger partial charge is 0.161 e. The molecule has 2 aromatic rings. The summed E-state index contributed by atoms with van der Waals surface area (Å²) in [6.07, 6.45) is 5.76. The van der Waals surface area contributed by atoms with E-state index in [9.17, 15) is 0 Å². The molecule has 2 heterocycles. The van der Waals surface area contributed by atoms with Crippen molar-refractivity contribution in [1.82, 2.24) is 14.5 Å². The fourth-order valence-electron chi connectivity index (χ4n) is 1.45. The summed E-state index contributed by atoms with van der Waals surface area (Å²) in [7, 11) is 0. The SMILES string of the molecule is CSc1ccnc2c1ncn2C(C)C. The largest absolute Gasteiger partial charge is 0.313 e. The van der Waals surface area contributed by atoms with Crippen molar-refractivity contribution in [2.75, 3.05) is 6.26 Å². The lowest BCUT2D eigenvalue weighted by Crippen LogP contribution is -1.99. The second-order valence-corrected chi connectivity index (χ2v) is 4.28. The van der Waals surface area contributed by atoms with Crippen molar-refractivity contribution in [2.24, 2.45) is 0 Å². The number of pyridine rings is 1. The van der Waals surface area contributed by atoms with Gasteiger partial charge in [-0.1, -0.05) is 0 Å². The Hall–Kier alpha value is -1.03. The molecule has 74 valence electrons. The van der Waals surface area contributed by atoms with Gasteiger partial charge >= 0.3 is 0 Å². The van der Waals surface area contributed by atoms with Gasteiger partial charge in [0.25, 0.3) is 0 Å². The topological polar surface area (TPSA) is 30.7 Å². The Morgan fingerprint density at radius 2 is 2.14 bits per heavy atom. The molecule has 4 heteroatoms. The Morgan fingerprint density at radius 1 is 1.36 bits per heavy atom. The normalized spacial score (nSPS) is 11.4. The minimum absolute atomic E-state index is 0.407. The first kappa shape index (κ1) is 9.52. The molecule has 0 N–H and O–H groups in total. The summed E-state index contributed by atoms with van der Waals surface area (Å²) in [4.78, 5) is 9.94. The molecule has 0 fully saturated rings. The molecule has 0 aliphatic rings. The molecule has 0 spiro atoms. The summed E-state index contributed by atoms with van der Waals surface area (Å²) in [5, 5.41) is 0. The van der Waals surface area contributed by atoms with Crippen molar-refractivity contribution in [3.63, 3.8) is 0 Å². The van der Waals surface area contributed by atoms with Gasteiger partial charge in [-0.05, 0) is 26.2 Å². The van der Waals surface area contributed by atoms with Gasteiger partial charge in [0.1, 0.15) is 5.52 Å². The standard InChI is InChI=1S/C10H13N3S/c1-7(2)13-6-12-9-8(14-3)4-5-11-10(9)13/h4-7H,1-3H3. The molecule has 0 radical (unpaired) electrons. The highest BCUT2D eigenvalue weighted by atomic mass is 32.2. The van der Waals surface area contributed by atoms with E-state index in [0.717, 1.165) is 11.2 Å². The van der Waals surface area contributed by atoms with Crippen LogP contribution in [-0.4, -0.2) is 20.8 Å². The van der Waals surface area contributed by atoms with Gasteiger partial charge in [0.15, 0.2) is 5.65 Å². The molecule has 0 aliphatic carbocycles. The van der Waals surface area contributed by atoms with E-state index in [1.54, 1.807) is 11.8 Å². The van der Waals surface area contributed by atoms with E-state index >= 15 is 0 Å². The number of hydrogen-bond donors (Lipinski definition) is 0. The van der Waals surface area contributed by atoms with E-state index in [2.05, 4.69) is 34.6 Å². The van der Waals surface area contributed by atoms with E-state index < -0.39 is 0 Å². The molecule has 0 unspecified atom stereocenters. The minimum atomic E-state index is 0.407. The van der Waals surface area contributed by atoms with Crippen molar-refractivity contribution in [3.8, 4) is 0 Å². The first-order valence-corrected chi connectivity index (χ1v) is 5.82. The number of hydrogen-bond acceptors (Lipinski definition) is 3. The van der Waals surface area contributed by atoms with Crippen molar-refractivity contribution < 1.29 is 0 Å². The Morgan fingerprint density at radius 3 is 2.79 bits per heavy atom. The summed E-state index contributed by atoms with van der Waals surface area (Å²) in [5.74, 6) is 0. The van der Waals surface area contributed by atoms with Crippen LogP contribution in [0.15, 0.2) is 23.5 Å². The van der Waals surface area contributed by atoms with Crippen LogP contribution in [0.3, 0.4) is 0 Å². The van der Waals surface area contributed by atoms with Gasteiger partial charge in [-0.2, -0.15) is 0 Å². The van der Waals surface area contributed by atoms with E-state index in [4.69, 9.17) is 0 Å². The lowest BCUT2D eigenvalue weighted by Gasteiger charge is -2.06.